The molecule has 0 radical (unpaired) electrons. The molecule has 0 bridgehead atoms. The molecule has 0 unspecified atom stereocenters. The van der Waals surface area contributed by atoms with Gasteiger partial charge in [0.15, 0.2) is 12.4 Å². The Hall–Kier alpha value is -2.03. The summed E-state index contributed by atoms with van der Waals surface area (Å²) in [7, 11) is 0. The van der Waals surface area contributed by atoms with Gasteiger partial charge in [0.25, 0.3) is 5.91 Å². The maximum Gasteiger partial charge on any atom is 0.316 e. The molecule has 1 aliphatic rings. The molecule has 1 aromatic rings. The summed E-state index contributed by atoms with van der Waals surface area (Å²) < 4.78 is 9.82. The third-order valence-electron chi connectivity index (χ3n) is 3.71. The van der Waals surface area contributed by atoms with Crippen LogP contribution in [0.3, 0.4) is 0 Å². The lowest BCUT2D eigenvalue weighted by atomic mass is 10.0. The van der Waals surface area contributed by atoms with E-state index in [0.29, 0.717) is 24.0 Å². The smallest absolute Gasteiger partial charge is 0.316 e. The van der Waals surface area contributed by atoms with Gasteiger partial charge in [0.2, 0.25) is 5.91 Å². The van der Waals surface area contributed by atoms with Crippen molar-refractivity contribution >= 4 is 35.4 Å². The van der Waals surface area contributed by atoms with Crippen molar-refractivity contribution in [2.75, 3.05) is 36.5 Å². The van der Waals surface area contributed by atoms with Crippen molar-refractivity contribution in [2.24, 2.45) is 5.92 Å². The monoisotopic (exact) mass is 369 g/mol. The molecule has 2 amide bonds. The summed E-state index contributed by atoms with van der Waals surface area (Å²) in [5, 5.41) is 6.20. The van der Waals surface area contributed by atoms with Crippen LogP contribution >= 0.6 is 11.8 Å². The zero-order valence-electron chi connectivity index (χ0n) is 14.4. The van der Waals surface area contributed by atoms with Gasteiger partial charge >= 0.3 is 5.97 Å². The summed E-state index contributed by atoms with van der Waals surface area (Å²) in [4.78, 5) is 37.1. The van der Waals surface area contributed by atoms with Crippen molar-refractivity contribution < 1.29 is 23.6 Å². The van der Waals surface area contributed by atoms with E-state index < -0.39 is 5.97 Å². The molecule has 1 aromatic heterocycles. The van der Waals surface area contributed by atoms with Gasteiger partial charge in [-0.1, -0.05) is 12.1 Å². The molecule has 9 heteroatoms. The van der Waals surface area contributed by atoms with Crippen LogP contribution in [-0.4, -0.2) is 59.0 Å². The highest BCUT2D eigenvalue weighted by Crippen LogP contribution is 2.15. The number of nitrogens with zero attached hydrogens (tertiary/aromatic N) is 2. The molecule has 8 nitrogen and oxygen atoms in total. The summed E-state index contributed by atoms with van der Waals surface area (Å²) in [5.74, 6) is 0.553. The van der Waals surface area contributed by atoms with Crippen LogP contribution in [0.2, 0.25) is 0 Å². The Morgan fingerprint density at radius 3 is 2.92 bits per heavy atom. The van der Waals surface area contributed by atoms with Gasteiger partial charge in [-0.15, -0.1) is 11.8 Å². The van der Waals surface area contributed by atoms with Gasteiger partial charge in [0.05, 0.1) is 11.5 Å². The number of carbonyl (C=O) groups excluding carboxylic acids is 3. The summed E-state index contributed by atoms with van der Waals surface area (Å²) in [6.07, 6.45) is 2.10. The highest BCUT2D eigenvalue weighted by atomic mass is 32.2. The Morgan fingerprint density at radius 2 is 2.24 bits per heavy atom. The number of thioether (sulfide) groups is 1. The van der Waals surface area contributed by atoms with E-state index >= 15 is 0 Å². The van der Waals surface area contributed by atoms with Crippen LogP contribution in [0, 0.1) is 12.8 Å². The molecule has 138 valence electrons. The Balaban J connectivity index is 1.59. The Morgan fingerprint density at radius 1 is 1.44 bits per heavy atom. The van der Waals surface area contributed by atoms with Crippen LogP contribution in [0.1, 0.15) is 25.5 Å². The van der Waals surface area contributed by atoms with Crippen LogP contribution in [-0.2, 0) is 19.1 Å². The number of likely N-dealkylation sites (tertiary alicyclic amines) is 1. The molecule has 1 N–H and O–H groups in total. The van der Waals surface area contributed by atoms with E-state index in [1.165, 1.54) is 0 Å². The number of aromatic nitrogens is 1. The third kappa shape index (κ3) is 6.77. The number of aryl methyl sites for hydroxylation is 1. The SMILES string of the molecule is Cc1cc(NC(=O)CSCC(=O)OCC(=O)N2CCC[C@H](C)C2)no1. The van der Waals surface area contributed by atoms with E-state index in [2.05, 4.69) is 17.4 Å². The minimum absolute atomic E-state index is 0.00888. The average molecular weight is 369 g/mol. The molecule has 0 saturated carbocycles. The Labute approximate surface area is 150 Å². The minimum atomic E-state index is -0.506. The summed E-state index contributed by atoms with van der Waals surface area (Å²) in [5.41, 5.74) is 0. The predicted octanol–water partition coefficient (Wildman–Crippen LogP) is 1.46. The van der Waals surface area contributed by atoms with Gasteiger partial charge in [0, 0.05) is 19.2 Å². The molecule has 0 aromatic carbocycles. The lowest BCUT2D eigenvalue weighted by molar-refractivity contribution is -0.150. The van der Waals surface area contributed by atoms with Gasteiger partial charge in [0.1, 0.15) is 5.76 Å². The number of nitrogens with one attached hydrogen (secondary N) is 1. The molecule has 1 atom stereocenters. The van der Waals surface area contributed by atoms with E-state index in [0.717, 1.165) is 31.1 Å². The molecule has 0 spiro atoms. The second-order valence-electron chi connectivity index (χ2n) is 6.11. The fourth-order valence-corrected chi connectivity index (χ4v) is 3.13. The second-order valence-corrected chi connectivity index (χ2v) is 7.10. The topological polar surface area (TPSA) is 102 Å². The number of anilines is 1. The lowest BCUT2D eigenvalue weighted by Gasteiger charge is -2.30. The first-order chi connectivity index (χ1) is 11.9. The van der Waals surface area contributed by atoms with Crippen LogP contribution in [0.4, 0.5) is 5.82 Å². The Kier molecular flexibility index (Phi) is 7.30. The maximum absolute atomic E-state index is 12.0. The molecule has 1 fully saturated rings. The molecule has 2 rings (SSSR count). The number of hydrogen-bond acceptors (Lipinski definition) is 7. The molecule has 2 heterocycles. The van der Waals surface area contributed by atoms with Gasteiger partial charge < -0.3 is 19.5 Å². The van der Waals surface area contributed by atoms with Gasteiger partial charge in [-0.25, -0.2) is 0 Å². The quantitative estimate of drug-likeness (QED) is 0.726. The molecule has 0 aliphatic carbocycles. The molecular weight excluding hydrogens is 346 g/mol. The standard InChI is InChI=1S/C16H23N3O5S/c1-11-4-3-5-19(7-11)15(21)8-23-16(22)10-25-9-14(20)17-13-6-12(2)24-18-13/h6,11H,3-5,7-10H2,1-2H3,(H,17,18,20)/t11-/m0/s1. The minimum Gasteiger partial charge on any atom is -0.455 e. The van der Waals surface area contributed by atoms with Gasteiger partial charge in [-0.3, -0.25) is 14.4 Å². The van der Waals surface area contributed by atoms with E-state index in [4.69, 9.17) is 9.26 Å². The van der Waals surface area contributed by atoms with E-state index in [9.17, 15) is 14.4 Å². The highest BCUT2D eigenvalue weighted by Gasteiger charge is 2.21. The fraction of sp³-hybridized carbons (Fsp3) is 0.625. The van der Waals surface area contributed by atoms with Crippen molar-refractivity contribution in [1.82, 2.24) is 10.1 Å². The summed E-state index contributed by atoms with van der Waals surface area (Å²) >= 11 is 1.11. The summed E-state index contributed by atoms with van der Waals surface area (Å²) in [6.45, 7) is 5.02. The first-order valence-corrected chi connectivity index (χ1v) is 9.34. The lowest BCUT2D eigenvalue weighted by Crippen LogP contribution is -2.41. The maximum atomic E-state index is 12.0. The molecule has 1 aliphatic heterocycles. The van der Waals surface area contributed by atoms with Crippen molar-refractivity contribution in [3.63, 3.8) is 0 Å². The first kappa shape index (κ1) is 19.3. The molecule has 1 saturated heterocycles. The van der Waals surface area contributed by atoms with Crippen molar-refractivity contribution in [3.8, 4) is 0 Å². The van der Waals surface area contributed by atoms with Crippen molar-refractivity contribution in [2.45, 2.75) is 26.7 Å². The predicted molar refractivity (Wildman–Crippen MR) is 93.1 cm³/mol. The average Bonchev–Trinajstić information content (AvgIpc) is 2.97. The number of amides is 2. The molecule has 25 heavy (non-hydrogen) atoms. The van der Waals surface area contributed by atoms with Crippen LogP contribution in [0.5, 0.6) is 0 Å². The van der Waals surface area contributed by atoms with Crippen LogP contribution in [0.25, 0.3) is 0 Å². The van der Waals surface area contributed by atoms with Crippen LogP contribution < -0.4 is 5.32 Å². The zero-order valence-corrected chi connectivity index (χ0v) is 15.3. The number of ether oxygens (including phenoxy) is 1. The Bertz CT molecular complexity index is 619. The normalized spacial score (nSPS) is 17.2. The van der Waals surface area contributed by atoms with Crippen molar-refractivity contribution in [3.05, 3.63) is 11.8 Å². The number of hydrogen-bond donors (Lipinski definition) is 1. The number of carbonyl (C=O) groups is 3. The highest BCUT2D eigenvalue weighted by molar-refractivity contribution is 8.00. The largest absolute Gasteiger partial charge is 0.455 e. The fourth-order valence-electron chi connectivity index (χ4n) is 2.52. The zero-order chi connectivity index (χ0) is 18.2. The summed E-state index contributed by atoms with van der Waals surface area (Å²) in [6, 6.07) is 1.60. The second kappa shape index (κ2) is 9.45. The number of rotatable bonds is 7. The number of esters is 1. The first-order valence-electron chi connectivity index (χ1n) is 8.18. The third-order valence-corrected chi connectivity index (χ3v) is 4.62. The van der Waals surface area contributed by atoms with E-state index in [1.54, 1.807) is 17.9 Å². The van der Waals surface area contributed by atoms with Gasteiger partial charge in [-0.05, 0) is 25.7 Å². The molecular formula is C16H23N3O5S. The van der Waals surface area contributed by atoms with Crippen molar-refractivity contribution in [1.29, 1.82) is 0 Å². The number of piperidine rings is 1. The van der Waals surface area contributed by atoms with E-state index in [-0.39, 0.29) is 29.9 Å². The van der Waals surface area contributed by atoms with Crippen LogP contribution in [0.15, 0.2) is 10.6 Å². The van der Waals surface area contributed by atoms with E-state index in [1.807, 2.05) is 0 Å². The van der Waals surface area contributed by atoms with Gasteiger partial charge in [-0.2, -0.15) is 0 Å².